The molecule has 0 radical (unpaired) electrons. The molecule has 1 aromatic carbocycles. The minimum Gasteiger partial charge on any atom is -0.481 e. The van der Waals surface area contributed by atoms with Crippen LogP contribution in [0.5, 0.6) is 0 Å². The quantitative estimate of drug-likeness (QED) is 0.946. The van der Waals surface area contributed by atoms with E-state index in [1.165, 1.54) is 6.20 Å². The molecule has 1 aromatic heterocycles. The van der Waals surface area contributed by atoms with Crippen LogP contribution in [-0.2, 0) is 17.4 Å². The Balaban J connectivity index is 2.34. The molecule has 0 atom stereocenters. The molecule has 0 fully saturated rings. The van der Waals surface area contributed by atoms with Gasteiger partial charge in [-0.1, -0.05) is 16.8 Å². The molecule has 5 nitrogen and oxygen atoms in total. The van der Waals surface area contributed by atoms with Crippen molar-refractivity contribution in [2.45, 2.75) is 12.6 Å². The predicted octanol–water partition coefficient (Wildman–Crippen LogP) is 2.57. The molecule has 0 bridgehead atoms. The van der Waals surface area contributed by atoms with Crippen molar-refractivity contribution in [3.63, 3.8) is 0 Å². The van der Waals surface area contributed by atoms with Crippen LogP contribution in [0.3, 0.4) is 0 Å². The highest BCUT2D eigenvalue weighted by molar-refractivity contribution is 6.32. The van der Waals surface area contributed by atoms with E-state index in [0.29, 0.717) is 0 Å². The Morgan fingerprint density at radius 2 is 2.10 bits per heavy atom. The minimum absolute atomic E-state index is 0.161. The molecular formula is C11H7ClF3N3O2. The summed E-state index contributed by atoms with van der Waals surface area (Å²) in [6, 6.07) is 2.78. The Hall–Kier alpha value is -2.09. The third kappa shape index (κ3) is 3.08. The summed E-state index contributed by atoms with van der Waals surface area (Å²) in [5, 5.41) is 15.7. The van der Waals surface area contributed by atoms with E-state index in [2.05, 4.69) is 10.3 Å². The standard InChI is InChI=1S/C11H7ClF3N3O2/c12-8-3-6(11(13,14)15)1-2-9(8)18-5-7(16-17-18)4-10(19)20/h1-3,5H,4H2,(H,19,20). The number of benzene rings is 1. The summed E-state index contributed by atoms with van der Waals surface area (Å²) in [7, 11) is 0. The van der Waals surface area contributed by atoms with Crippen LogP contribution >= 0.6 is 11.6 Å². The van der Waals surface area contributed by atoms with Gasteiger partial charge in [0.1, 0.15) is 0 Å². The number of hydrogen-bond acceptors (Lipinski definition) is 3. The second-order valence-corrected chi connectivity index (χ2v) is 4.30. The van der Waals surface area contributed by atoms with E-state index in [4.69, 9.17) is 16.7 Å². The Kier molecular flexibility index (Phi) is 3.67. The molecule has 1 heterocycles. The summed E-state index contributed by atoms with van der Waals surface area (Å²) >= 11 is 5.78. The molecule has 2 aromatic rings. The number of carboxylic acid groups (broad SMARTS) is 1. The molecular weight excluding hydrogens is 299 g/mol. The van der Waals surface area contributed by atoms with Crippen molar-refractivity contribution in [3.8, 4) is 5.69 Å². The van der Waals surface area contributed by atoms with Crippen molar-refractivity contribution >= 4 is 17.6 Å². The van der Waals surface area contributed by atoms with Crippen LogP contribution in [0.15, 0.2) is 24.4 Å². The number of hydrogen-bond donors (Lipinski definition) is 1. The minimum atomic E-state index is -4.49. The largest absolute Gasteiger partial charge is 0.481 e. The number of alkyl halides is 3. The molecule has 0 spiro atoms. The first kappa shape index (κ1) is 14.3. The third-order valence-corrected chi connectivity index (χ3v) is 2.70. The number of aromatic nitrogens is 3. The predicted molar refractivity (Wildman–Crippen MR) is 62.7 cm³/mol. The molecule has 0 aliphatic rings. The van der Waals surface area contributed by atoms with E-state index in [1.54, 1.807) is 0 Å². The molecule has 0 aliphatic heterocycles. The van der Waals surface area contributed by atoms with Gasteiger partial charge in [0.25, 0.3) is 0 Å². The molecule has 20 heavy (non-hydrogen) atoms. The third-order valence-electron chi connectivity index (χ3n) is 2.40. The molecule has 9 heteroatoms. The normalized spacial score (nSPS) is 11.6. The molecule has 0 aliphatic carbocycles. The first-order valence-electron chi connectivity index (χ1n) is 5.27. The van der Waals surface area contributed by atoms with Crippen molar-refractivity contribution in [1.82, 2.24) is 15.0 Å². The first-order valence-corrected chi connectivity index (χ1v) is 5.65. The average Bonchev–Trinajstić information content (AvgIpc) is 2.75. The summed E-state index contributed by atoms with van der Waals surface area (Å²) < 4.78 is 38.6. The van der Waals surface area contributed by atoms with Crippen molar-refractivity contribution in [3.05, 3.63) is 40.7 Å². The molecule has 106 valence electrons. The van der Waals surface area contributed by atoms with E-state index in [1.807, 2.05) is 0 Å². The topological polar surface area (TPSA) is 68.0 Å². The molecule has 0 saturated carbocycles. The van der Waals surface area contributed by atoms with Crippen LogP contribution in [0, 0.1) is 0 Å². The van der Waals surface area contributed by atoms with Gasteiger partial charge >= 0.3 is 12.1 Å². The summed E-state index contributed by atoms with van der Waals surface area (Å²) in [6.45, 7) is 0. The van der Waals surface area contributed by atoms with Gasteiger partial charge in [-0.2, -0.15) is 13.2 Å². The van der Waals surface area contributed by atoms with E-state index in [-0.39, 0.29) is 22.8 Å². The molecule has 1 N–H and O–H groups in total. The smallest absolute Gasteiger partial charge is 0.416 e. The van der Waals surface area contributed by atoms with Crippen LogP contribution in [0.25, 0.3) is 5.69 Å². The molecule has 2 rings (SSSR count). The van der Waals surface area contributed by atoms with Gasteiger partial charge in [-0.05, 0) is 18.2 Å². The zero-order chi connectivity index (χ0) is 14.9. The van der Waals surface area contributed by atoms with Gasteiger partial charge < -0.3 is 5.11 Å². The van der Waals surface area contributed by atoms with Crippen LogP contribution < -0.4 is 0 Å². The average molecular weight is 306 g/mol. The van der Waals surface area contributed by atoms with E-state index in [0.717, 1.165) is 22.9 Å². The number of rotatable bonds is 3. The molecule has 0 amide bonds. The Morgan fingerprint density at radius 1 is 1.40 bits per heavy atom. The van der Waals surface area contributed by atoms with E-state index >= 15 is 0 Å². The monoisotopic (exact) mass is 305 g/mol. The second kappa shape index (κ2) is 5.12. The summed E-state index contributed by atoms with van der Waals surface area (Å²) in [4.78, 5) is 10.5. The van der Waals surface area contributed by atoms with Crippen LogP contribution in [-0.4, -0.2) is 26.1 Å². The zero-order valence-corrected chi connectivity index (χ0v) is 10.5. The Labute approximate surface area is 115 Å². The van der Waals surface area contributed by atoms with Crippen molar-refractivity contribution in [1.29, 1.82) is 0 Å². The number of carbonyl (C=O) groups is 1. The van der Waals surface area contributed by atoms with Gasteiger partial charge in [0.15, 0.2) is 0 Å². The second-order valence-electron chi connectivity index (χ2n) is 3.89. The van der Waals surface area contributed by atoms with Crippen molar-refractivity contribution in [2.24, 2.45) is 0 Å². The Morgan fingerprint density at radius 3 is 2.65 bits per heavy atom. The Bertz CT molecular complexity index is 655. The zero-order valence-electron chi connectivity index (χ0n) is 9.73. The van der Waals surface area contributed by atoms with Crippen molar-refractivity contribution < 1.29 is 23.1 Å². The number of nitrogens with zero attached hydrogens (tertiary/aromatic N) is 3. The van der Waals surface area contributed by atoms with E-state index < -0.39 is 17.7 Å². The highest BCUT2D eigenvalue weighted by atomic mass is 35.5. The lowest BCUT2D eigenvalue weighted by Crippen LogP contribution is -2.06. The maximum absolute atomic E-state index is 12.5. The van der Waals surface area contributed by atoms with Crippen LogP contribution in [0.1, 0.15) is 11.3 Å². The molecule has 0 saturated heterocycles. The maximum atomic E-state index is 12.5. The highest BCUT2D eigenvalue weighted by Crippen LogP contribution is 2.32. The van der Waals surface area contributed by atoms with Gasteiger partial charge in [0.2, 0.25) is 0 Å². The fraction of sp³-hybridized carbons (Fsp3) is 0.182. The molecule has 0 unspecified atom stereocenters. The summed E-state index contributed by atoms with van der Waals surface area (Å²) in [6.07, 6.45) is -3.53. The first-order chi connectivity index (χ1) is 9.27. The van der Waals surface area contributed by atoms with E-state index in [9.17, 15) is 18.0 Å². The van der Waals surface area contributed by atoms with Gasteiger partial charge in [-0.15, -0.1) is 5.10 Å². The maximum Gasteiger partial charge on any atom is 0.416 e. The number of carboxylic acids is 1. The summed E-state index contributed by atoms with van der Waals surface area (Å²) in [5.41, 5.74) is -0.519. The van der Waals surface area contributed by atoms with Gasteiger partial charge in [-0.3, -0.25) is 4.79 Å². The lowest BCUT2D eigenvalue weighted by atomic mass is 10.2. The van der Waals surface area contributed by atoms with Gasteiger partial charge in [-0.25, -0.2) is 4.68 Å². The van der Waals surface area contributed by atoms with Gasteiger partial charge in [0, 0.05) is 0 Å². The fourth-order valence-corrected chi connectivity index (χ4v) is 1.79. The summed E-state index contributed by atoms with van der Waals surface area (Å²) in [5.74, 6) is -1.09. The SMILES string of the molecule is O=C(O)Cc1cn(-c2ccc(C(F)(F)F)cc2Cl)nn1. The highest BCUT2D eigenvalue weighted by Gasteiger charge is 2.31. The van der Waals surface area contributed by atoms with Crippen LogP contribution in [0.2, 0.25) is 5.02 Å². The van der Waals surface area contributed by atoms with Gasteiger partial charge in [0.05, 0.1) is 34.6 Å². The lowest BCUT2D eigenvalue weighted by Gasteiger charge is -2.09. The number of halogens is 4. The van der Waals surface area contributed by atoms with Crippen LogP contribution in [0.4, 0.5) is 13.2 Å². The number of aliphatic carboxylic acids is 1. The lowest BCUT2D eigenvalue weighted by molar-refractivity contribution is -0.138. The fourth-order valence-electron chi connectivity index (χ4n) is 1.52. The van der Waals surface area contributed by atoms with Crippen molar-refractivity contribution in [2.75, 3.05) is 0 Å².